The molecule has 0 bridgehead atoms. The Bertz CT molecular complexity index is 920. The predicted molar refractivity (Wildman–Crippen MR) is 117 cm³/mol. The smallest absolute Gasteiger partial charge is 0.257 e. The number of rotatable bonds is 6. The first-order valence-electron chi connectivity index (χ1n) is 10.1. The van der Waals surface area contributed by atoms with E-state index in [4.69, 9.17) is 9.84 Å². The quantitative estimate of drug-likeness (QED) is 0.734. The zero-order valence-corrected chi connectivity index (χ0v) is 18.3. The molecule has 0 saturated heterocycles. The van der Waals surface area contributed by atoms with Gasteiger partial charge >= 0.3 is 0 Å². The number of hydrazone groups is 1. The van der Waals surface area contributed by atoms with E-state index in [-0.39, 0.29) is 18.0 Å². The number of hydrogen-bond donors (Lipinski definition) is 0. The van der Waals surface area contributed by atoms with E-state index < -0.39 is 0 Å². The third kappa shape index (κ3) is 4.51. The molecule has 5 nitrogen and oxygen atoms in total. The van der Waals surface area contributed by atoms with Crippen LogP contribution in [0.4, 0.5) is 0 Å². The lowest BCUT2D eigenvalue weighted by Crippen LogP contribution is -2.39. The maximum absolute atomic E-state index is 13.2. The van der Waals surface area contributed by atoms with Crippen molar-refractivity contribution in [2.75, 3.05) is 20.7 Å². The lowest BCUT2D eigenvalue weighted by molar-refractivity contribution is -0.134. The van der Waals surface area contributed by atoms with E-state index in [0.717, 1.165) is 22.6 Å². The molecule has 0 spiro atoms. The van der Waals surface area contributed by atoms with Gasteiger partial charge in [-0.25, -0.2) is 5.01 Å². The summed E-state index contributed by atoms with van der Waals surface area (Å²) < 4.78 is 5.59. The summed E-state index contributed by atoms with van der Waals surface area (Å²) in [5.41, 5.74) is 5.40. The average Bonchev–Trinajstić information content (AvgIpc) is 3.14. The molecule has 1 aliphatic rings. The largest absolute Gasteiger partial charge is 0.496 e. The second kappa shape index (κ2) is 8.78. The molecule has 1 aliphatic heterocycles. The number of hydrogen-bond acceptors (Lipinski definition) is 4. The maximum atomic E-state index is 13.2. The Labute approximate surface area is 174 Å². The van der Waals surface area contributed by atoms with E-state index >= 15 is 0 Å². The van der Waals surface area contributed by atoms with Crippen LogP contribution in [0, 0.1) is 13.8 Å². The Balaban J connectivity index is 2.01. The summed E-state index contributed by atoms with van der Waals surface area (Å²) in [6, 6.07) is 14.4. The van der Waals surface area contributed by atoms with Crippen molar-refractivity contribution in [3.8, 4) is 5.75 Å². The first kappa shape index (κ1) is 21.1. The Morgan fingerprint density at radius 1 is 1.24 bits per heavy atom. The van der Waals surface area contributed by atoms with Crippen LogP contribution in [0.25, 0.3) is 0 Å². The van der Waals surface area contributed by atoms with Gasteiger partial charge in [0.25, 0.3) is 5.91 Å². The molecule has 2 aromatic carbocycles. The molecule has 5 heteroatoms. The molecule has 0 aromatic heterocycles. The van der Waals surface area contributed by atoms with Crippen LogP contribution >= 0.6 is 0 Å². The number of carbonyl (C=O) groups is 1. The summed E-state index contributed by atoms with van der Waals surface area (Å²) in [4.78, 5) is 15.2. The number of likely N-dealkylation sites (N-methyl/N-ethyl adjacent to an activating group) is 1. The highest BCUT2D eigenvalue weighted by atomic mass is 16.5. The monoisotopic (exact) mass is 393 g/mol. The van der Waals surface area contributed by atoms with Gasteiger partial charge in [0.1, 0.15) is 5.75 Å². The highest BCUT2D eigenvalue weighted by Gasteiger charge is 2.35. The van der Waals surface area contributed by atoms with Crippen LogP contribution in [0.2, 0.25) is 0 Å². The third-order valence-corrected chi connectivity index (χ3v) is 5.63. The minimum absolute atomic E-state index is 0.00240. The number of para-hydroxylation sites is 1. The molecule has 0 N–H and O–H groups in total. The fourth-order valence-electron chi connectivity index (χ4n) is 3.60. The molecule has 2 aromatic rings. The number of aryl methyl sites for hydroxylation is 2. The van der Waals surface area contributed by atoms with Gasteiger partial charge in [-0.05, 0) is 52.4 Å². The highest BCUT2D eigenvalue weighted by Crippen LogP contribution is 2.38. The van der Waals surface area contributed by atoms with Crippen LogP contribution in [0.1, 0.15) is 48.6 Å². The van der Waals surface area contributed by atoms with E-state index in [9.17, 15) is 4.79 Å². The standard InChI is InChI=1S/C24H31N3O2/c1-16(2)26(5)15-24(28)27-22(19-9-7-8-10-23(19)29-6)14-21(25-27)20-13-17(3)11-12-18(20)4/h7-13,16,22H,14-15H2,1-6H3/t22-/m1/s1. The minimum atomic E-state index is -0.172. The summed E-state index contributed by atoms with van der Waals surface area (Å²) in [5, 5.41) is 6.48. The molecular formula is C24H31N3O2. The predicted octanol–water partition coefficient (Wildman–Crippen LogP) is 4.33. The molecule has 0 fully saturated rings. The Morgan fingerprint density at radius 2 is 1.97 bits per heavy atom. The molecule has 1 amide bonds. The van der Waals surface area contributed by atoms with Gasteiger partial charge in [0, 0.05) is 23.6 Å². The lowest BCUT2D eigenvalue weighted by Gasteiger charge is -2.27. The number of methoxy groups -OCH3 is 1. The molecule has 3 rings (SSSR count). The van der Waals surface area contributed by atoms with Crippen LogP contribution in [0.5, 0.6) is 5.75 Å². The number of carbonyl (C=O) groups excluding carboxylic acids is 1. The molecule has 0 radical (unpaired) electrons. The van der Waals surface area contributed by atoms with Gasteiger partial charge in [-0.3, -0.25) is 9.69 Å². The van der Waals surface area contributed by atoms with Crippen LogP contribution in [0.3, 0.4) is 0 Å². The molecule has 1 heterocycles. The fraction of sp³-hybridized carbons (Fsp3) is 0.417. The number of benzene rings is 2. The van der Waals surface area contributed by atoms with Gasteiger partial charge in [-0.2, -0.15) is 5.10 Å². The summed E-state index contributed by atoms with van der Waals surface area (Å²) >= 11 is 0. The summed E-state index contributed by atoms with van der Waals surface area (Å²) in [6.45, 7) is 8.66. The average molecular weight is 394 g/mol. The van der Waals surface area contributed by atoms with Crippen molar-refractivity contribution in [3.63, 3.8) is 0 Å². The third-order valence-electron chi connectivity index (χ3n) is 5.63. The van der Waals surface area contributed by atoms with Crippen LogP contribution in [-0.4, -0.2) is 48.3 Å². The Kier molecular flexibility index (Phi) is 6.38. The van der Waals surface area contributed by atoms with Crippen molar-refractivity contribution < 1.29 is 9.53 Å². The van der Waals surface area contributed by atoms with Gasteiger partial charge in [-0.15, -0.1) is 0 Å². The molecule has 0 unspecified atom stereocenters. The second-order valence-electron chi connectivity index (χ2n) is 8.07. The van der Waals surface area contributed by atoms with Crippen molar-refractivity contribution in [1.29, 1.82) is 0 Å². The van der Waals surface area contributed by atoms with E-state index in [1.54, 1.807) is 12.1 Å². The Morgan fingerprint density at radius 3 is 2.66 bits per heavy atom. The van der Waals surface area contributed by atoms with Gasteiger partial charge < -0.3 is 4.74 Å². The normalized spacial score (nSPS) is 16.5. The summed E-state index contributed by atoms with van der Waals surface area (Å²) in [7, 11) is 3.63. The first-order chi connectivity index (χ1) is 13.8. The Hall–Kier alpha value is -2.66. The zero-order valence-electron chi connectivity index (χ0n) is 18.3. The van der Waals surface area contributed by atoms with Crippen molar-refractivity contribution >= 4 is 11.6 Å². The highest BCUT2D eigenvalue weighted by molar-refractivity contribution is 6.04. The second-order valence-corrected chi connectivity index (χ2v) is 8.07. The van der Waals surface area contributed by atoms with Crippen molar-refractivity contribution in [1.82, 2.24) is 9.91 Å². The molecule has 0 aliphatic carbocycles. The molecule has 29 heavy (non-hydrogen) atoms. The van der Waals surface area contributed by atoms with Gasteiger partial charge in [0.15, 0.2) is 0 Å². The molecule has 1 atom stereocenters. The van der Waals surface area contributed by atoms with Crippen molar-refractivity contribution in [2.24, 2.45) is 5.10 Å². The lowest BCUT2D eigenvalue weighted by atomic mass is 9.94. The summed E-state index contributed by atoms with van der Waals surface area (Å²) in [6.07, 6.45) is 0.668. The number of amides is 1. The number of ether oxygens (including phenoxy) is 1. The zero-order chi connectivity index (χ0) is 21.1. The summed E-state index contributed by atoms with van der Waals surface area (Å²) in [5.74, 6) is 0.780. The number of nitrogens with zero attached hydrogens (tertiary/aromatic N) is 3. The van der Waals surface area contributed by atoms with Gasteiger partial charge in [-0.1, -0.05) is 35.9 Å². The first-order valence-corrected chi connectivity index (χ1v) is 10.1. The van der Waals surface area contributed by atoms with Crippen LogP contribution in [0.15, 0.2) is 47.6 Å². The van der Waals surface area contributed by atoms with Crippen LogP contribution < -0.4 is 4.74 Å². The van der Waals surface area contributed by atoms with Gasteiger partial charge in [0.2, 0.25) is 0 Å². The van der Waals surface area contributed by atoms with E-state index in [2.05, 4.69) is 45.9 Å². The SMILES string of the molecule is COc1ccccc1[C@H]1CC(c2cc(C)ccc2C)=NN1C(=O)CN(C)C(C)C. The molecular weight excluding hydrogens is 362 g/mol. The van der Waals surface area contributed by atoms with E-state index in [1.165, 1.54) is 11.1 Å². The maximum Gasteiger partial charge on any atom is 0.257 e. The van der Waals surface area contributed by atoms with Crippen LogP contribution in [-0.2, 0) is 4.79 Å². The van der Waals surface area contributed by atoms with Crippen molar-refractivity contribution in [2.45, 2.75) is 46.2 Å². The van der Waals surface area contributed by atoms with Crippen molar-refractivity contribution in [3.05, 3.63) is 64.7 Å². The van der Waals surface area contributed by atoms with E-state index in [1.807, 2.05) is 36.2 Å². The molecule has 154 valence electrons. The van der Waals surface area contributed by atoms with E-state index in [0.29, 0.717) is 13.0 Å². The van der Waals surface area contributed by atoms with Gasteiger partial charge in [0.05, 0.1) is 25.4 Å². The minimum Gasteiger partial charge on any atom is -0.496 e. The topological polar surface area (TPSA) is 45.1 Å². The molecule has 0 saturated carbocycles. The fourth-order valence-corrected chi connectivity index (χ4v) is 3.60.